The molecule has 0 bridgehead atoms. The summed E-state index contributed by atoms with van der Waals surface area (Å²) in [5, 5.41) is 3.15. The van der Waals surface area contributed by atoms with Crippen LogP contribution in [0.2, 0.25) is 0 Å². The quantitative estimate of drug-likeness (QED) is 0.727. The second-order valence-electron chi connectivity index (χ2n) is 3.50. The molecule has 1 aromatic carbocycles. The smallest absolute Gasteiger partial charge is 0.232 e. The van der Waals surface area contributed by atoms with Crippen LogP contribution in [0.5, 0.6) is 0 Å². The summed E-state index contributed by atoms with van der Waals surface area (Å²) in [5.41, 5.74) is 1.51. The normalized spacial score (nSPS) is 11.2. The number of ether oxygens (including phenoxy) is 1. The van der Waals surface area contributed by atoms with Gasteiger partial charge in [0, 0.05) is 25.0 Å². The summed E-state index contributed by atoms with van der Waals surface area (Å²) in [5.74, 6) is 0.0703. The van der Waals surface area contributed by atoms with Gasteiger partial charge < -0.3 is 10.1 Å². The van der Waals surface area contributed by atoms with Crippen molar-refractivity contribution in [3.63, 3.8) is 0 Å². The monoisotopic (exact) mass is 258 g/mol. The van der Waals surface area contributed by atoms with Crippen LogP contribution < -0.4 is 10.0 Å². The largest absolute Gasteiger partial charge is 0.383 e. The molecule has 0 aliphatic heterocycles. The fourth-order valence-corrected chi connectivity index (χ4v) is 1.84. The van der Waals surface area contributed by atoms with Crippen LogP contribution in [-0.4, -0.2) is 34.4 Å². The summed E-state index contributed by atoms with van der Waals surface area (Å²) in [6.07, 6.45) is 0. The minimum absolute atomic E-state index is 0.0703. The average Bonchev–Trinajstić information content (AvgIpc) is 2.31. The Bertz CT molecular complexity index is 429. The van der Waals surface area contributed by atoms with Crippen molar-refractivity contribution in [2.75, 3.05) is 36.1 Å². The predicted molar refractivity (Wildman–Crippen MR) is 69.9 cm³/mol. The Balaban J connectivity index is 2.56. The van der Waals surface area contributed by atoms with Gasteiger partial charge in [-0.15, -0.1) is 0 Å². The maximum atomic E-state index is 11.3. The van der Waals surface area contributed by atoms with Crippen molar-refractivity contribution in [2.45, 2.75) is 6.92 Å². The molecule has 5 nitrogen and oxygen atoms in total. The first kappa shape index (κ1) is 13.8. The lowest BCUT2D eigenvalue weighted by Crippen LogP contribution is -2.14. The minimum atomic E-state index is -3.20. The Morgan fingerprint density at radius 3 is 2.29 bits per heavy atom. The third kappa shape index (κ3) is 5.06. The molecule has 0 saturated heterocycles. The summed E-state index contributed by atoms with van der Waals surface area (Å²) in [7, 11) is -1.55. The van der Waals surface area contributed by atoms with E-state index in [4.69, 9.17) is 4.74 Å². The highest BCUT2D eigenvalue weighted by molar-refractivity contribution is 7.92. The van der Waals surface area contributed by atoms with Crippen molar-refractivity contribution >= 4 is 21.4 Å². The van der Waals surface area contributed by atoms with E-state index in [1.54, 1.807) is 26.2 Å². The van der Waals surface area contributed by atoms with Crippen molar-refractivity contribution in [2.24, 2.45) is 0 Å². The number of hydrogen-bond donors (Lipinski definition) is 2. The summed E-state index contributed by atoms with van der Waals surface area (Å²) in [6, 6.07) is 7.09. The van der Waals surface area contributed by atoms with Gasteiger partial charge in [0.2, 0.25) is 10.0 Å². The van der Waals surface area contributed by atoms with E-state index in [-0.39, 0.29) is 5.75 Å². The van der Waals surface area contributed by atoms with Crippen molar-refractivity contribution in [1.82, 2.24) is 0 Å². The van der Waals surface area contributed by atoms with Gasteiger partial charge in [-0.25, -0.2) is 8.42 Å². The molecule has 0 saturated carbocycles. The van der Waals surface area contributed by atoms with Gasteiger partial charge in [0.1, 0.15) is 0 Å². The van der Waals surface area contributed by atoms with Crippen LogP contribution in [0.1, 0.15) is 6.92 Å². The molecule has 0 fully saturated rings. The molecule has 1 rings (SSSR count). The van der Waals surface area contributed by atoms with Crippen molar-refractivity contribution in [3.05, 3.63) is 24.3 Å². The Kier molecular flexibility index (Phi) is 5.24. The van der Waals surface area contributed by atoms with E-state index in [1.807, 2.05) is 12.1 Å². The standard InChI is InChI=1S/C11H18N2O3S/c1-3-17(14,15)13-11-6-4-10(5-7-11)12-8-9-16-2/h4-7,12-13H,3,8-9H2,1-2H3. The summed E-state index contributed by atoms with van der Waals surface area (Å²) < 4.78 is 30.0. The fraction of sp³-hybridized carbons (Fsp3) is 0.455. The van der Waals surface area contributed by atoms with E-state index in [1.165, 1.54) is 0 Å². The van der Waals surface area contributed by atoms with Crippen LogP contribution in [0.3, 0.4) is 0 Å². The predicted octanol–water partition coefficient (Wildman–Crippen LogP) is 1.51. The maximum absolute atomic E-state index is 11.3. The first-order valence-electron chi connectivity index (χ1n) is 5.41. The first-order chi connectivity index (χ1) is 8.07. The average molecular weight is 258 g/mol. The summed E-state index contributed by atoms with van der Waals surface area (Å²) in [4.78, 5) is 0. The van der Waals surface area contributed by atoms with E-state index < -0.39 is 10.0 Å². The van der Waals surface area contributed by atoms with Gasteiger partial charge in [0.05, 0.1) is 12.4 Å². The van der Waals surface area contributed by atoms with E-state index in [0.29, 0.717) is 12.3 Å². The van der Waals surface area contributed by atoms with Gasteiger partial charge >= 0.3 is 0 Å². The SMILES string of the molecule is CCS(=O)(=O)Nc1ccc(NCCOC)cc1. The second-order valence-corrected chi connectivity index (χ2v) is 5.51. The molecular weight excluding hydrogens is 240 g/mol. The molecule has 2 N–H and O–H groups in total. The topological polar surface area (TPSA) is 67.4 Å². The molecule has 0 atom stereocenters. The van der Waals surface area contributed by atoms with Crippen molar-refractivity contribution in [1.29, 1.82) is 0 Å². The van der Waals surface area contributed by atoms with Crippen LogP contribution in [0.25, 0.3) is 0 Å². The van der Waals surface area contributed by atoms with Crippen LogP contribution >= 0.6 is 0 Å². The number of nitrogens with one attached hydrogen (secondary N) is 2. The third-order valence-corrected chi connectivity index (χ3v) is 3.48. The lowest BCUT2D eigenvalue weighted by atomic mass is 10.3. The van der Waals surface area contributed by atoms with E-state index in [2.05, 4.69) is 10.0 Å². The molecule has 6 heteroatoms. The van der Waals surface area contributed by atoms with Crippen molar-refractivity contribution < 1.29 is 13.2 Å². The third-order valence-electron chi connectivity index (χ3n) is 2.17. The first-order valence-corrected chi connectivity index (χ1v) is 7.06. The summed E-state index contributed by atoms with van der Waals surface area (Å²) in [6.45, 7) is 2.95. The van der Waals surface area contributed by atoms with E-state index >= 15 is 0 Å². The summed E-state index contributed by atoms with van der Waals surface area (Å²) >= 11 is 0. The lowest BCUT2D eigenvalue weighted by Gasteiger charge is -2.08. The molecule has 0 spiro atoms. The van der Waals surface area contributed by atoms with Gasteiger partial charge in [0.15, 0.2) is 0 Å². The molecule has 0 aliphatic rings. The zero-order chi connectivity index (χ0) is 12.7. The highest BCUT2D eigenvalue weighted by Crippen LogP contribution is 2.14. The van der Waals surface area contributed by atoms with Gasteiger partial charge in [-0.1, -0.05) is 0 Å². The molecule has 0 aromatic heterocycles. The number of sulfonamides is 1. The maximum Gasteiger partial charge on any atom is 0.232 e. The number of methoxy groups -OCH3 is 1. The molecule has 0 aliphatic carbocycles. The highest BCUT2D eigenvalue weighted by atomic mass is 32.2. The van der Waals surface area contributed by atoms with E-state index in [9.17, 15) is 8.42 Å². The number of rotatable bonds is 7. The number of benzene rings is 1. The zero-order valence-corrected chi connectivity index (χ0v) is 10.9. The van der Waals surface area contributed by atoms with Gasteiger partial charge in [-0.3, -0.25) is 4.72 Å². The molecule has 0 amide bonds. The lowest BCUT2D eigenvalue weighted by molar-refractivity contribution is 0.211. The number of anilines is 2. The fourth-order valence-electron chi connectivity index (χ4n) is 1.21. The molecular formula is C11H18N2O3S. The minimum Gasteiger partial charge on any atom is -0.383 e. The molecule has 0 heterocycles. The molecule has 96 valence electrons. The Morgan fingerprint density at radius 1 is 1.18 bits per heavy atom. The molecule has 0 radical (unpaired) electrons. The van der Waals surface area contributed by atoms with Crippen LogP contribution in [0.4, 0.5) is 11.4 Å². The van der Waals surface area contributed by atoms with E-state index in [0.717, 1.165) is 12.2 Å². The Labute approximate surface area is 102 Å². The molecule has 17 heavy (non-hydrogen) atoms. The van der Waals surface area contributed by atoms with Gasteiger partial charge in [-0.2, -0.15) is 0 Å². The zero-order valence-electron chi connectivity index (χ0n) is 10.1. The highest BCUT2D eigenvalue weighted by Gasteiger charge is 2.05. The Morgan fingerprint density at radius 2 is 1.76 bits per heavy atom. The molecule has 1 aromatic rings. The van der Waals surface area contributed by atoms with Crippen molar-refractivity contribution in [3.8, 4) is 0 Å². The number of hydrogen-bond acceptors (Lipinski definition) is 4. The molecule has 0 unspecified atom stereocenters. The van der Waals surface area contributed by atoms with Crippen LogP contribution in [0, 0.1) is 0 Å². The van der Waals surface area contributed by atoms with Crippen LogP contribution in [0.15, 0.2) is 24.3 Å². The van der Waals surface area contributed by atoms with Gasteiger partial charge in [-0.05, 0) is 31.2 Å². The van der Waals surface area contributed by atoms with Gasteiger partial charge in [0.25, 0.3) is 0 Å². The Hall–Kier alpha value is -1.27. The van der Waals surface area contributed by atoms with Crippen LogP contribution in [-0.2, 0) is 14.8 Å². The second kappa shape index (κ2) is 6.46.